The van der Waals surface area contributed by atoms with E-state index in [0.717, 1.165) is 58.4 Å². The van der Waals surface area contributed by atoms with Crippen LogP contribution in [0.2, 0.25) is 0 Å². The number of halogens is 1. The molecule has 3 heterocycles. The summed E-state index contributed by atoms with van der Waals surface area (Å²) in [5.74, 6) is 1.00. The van der Waals surface area contributed by atoms with Crippen molar-refractivity contribution in [3.8, 4) is 0 Å². The third-order valence-electron chi connectivity index (χ3n) is 6.70. The third-order valence-corrected chi connectivity index (χ3v) is 7.20. The average molecular weight is 499 g/mol. The number of rotatable bonds is 4. The van der Waals surface area contributed by atoms with Crippen molar-refractivity contribution in [2.24, 2.45) is 0 Å². The first kappa shape index (κ1) is 20.4. The molecule has 1 fully saturated rings. The Morgan fingerprint density at radius 2 is 1.52 bits per heavy atom. The van der Waals surface area contributed by atoms with E-state index in [1.54, 1.807) is 11.2 Å². The number of hydrogen-bond acceptors (Lipinski definition) is 3. The Morgan fingerprint density at radius 1 is 0.848 bits per heavy atom. The SMILES string of the molecule is Brc1ccc2[nH]c3c(N4CC[NH+](C(c5ccccc5)c5ccccc5)CC4)ncnc3c2c1. The van der Waals surface area contributed by atoms with Crippen LogP contribution in [-0.4, -0.2) is 41.1 Å². The van der Waals surface area contributed by atoms with Crippen molar-refractivity contribution in [2.75, 3.05) is 31.1 Å². The van der Waals surface area contributed by atoms with E-state index in [9.17, 15) is 0 Å². The van der Waals surface area contributed by atoms with E-state index in [2.05, 4.69) is 110 Å². The van der Waals surface area contributed by atoms with Crippen LogP contribution in [0.3, 0.4) is 0 Å². The molecule has 1 aliphatic heterocycles. The van der Waals surface area contributed by atoms with Crippen LogP contribution in [0.25, 0.3) is 21.9 Å². The smallest absolute Gasteiger partial charge is 0.156 e. The largest absolute Gasteiger partial charge is 0.350 e. The van der Waals surface area contributed by atoms with Gasteiger partial charge in [-0.25, -0.2) is 9.97 Å². The lowest BCUT2D eigenvalue weighted by molar-refractivity contribution is -0.926. The third kappa shape index (κ3) is 3.79. The summed E-state index contributed by atoms with van der Waals surface area (Å²) < 4.78 is 1.06. The molecule has 3 aromatic carbocycles. The molecule has 0 atom stereocenters. The molecule has 164 valence electrons. The summed E-state index contributed by atoms with van der Waals surface area (Å²) in [5.41, 5.74) is 5.84. The molecule has 1 saturated heterocycles. The molecule has 0 unspecified atom stereocenters. The highest BCUT2D eigenvalue weighted by molar-refractivity contribution is 9.10. The summed E-state index contributed by atoms with van der Waals surface area (Å²) in [7, 11) is 0. The van der Waals surface area contributed by atoms with E-state index < -0.39 is 0 Å². The Labute approximate surface area is 201 Å². The van der Waals surface area contributed by atoms with Crippen LogP contribution >= 0.6 is 15.9 Å². The molecule has 0 saturated carbocycles. The maximum atomic E-state index is 4.70. The summed E-state index contributed by atoms with van der Waals surface area (Å²) in [6, 6.07) is 28.4. The van der Waals surface area contributed by atoms with Crippen LogP contribution in [-0.2, 0) is 0 Å². The lowest BCUT2D eigenvalue weighted by Gasteiger charge is -2.37. The molecule has 33 heavy (non-hydrogen) atoms. The molecule has 0 aliphatic carbocycles. The van der Waals surface area contributed by atoms with E-state index in [-0.39, 0.29) is 0 Å². The van der Waals surface area contributed by atoms with Gasteiger partial charge in [0.25, 0.3) is 0 Å². The van der Waals surface area contributed by atoms with Gasteiger partial charge in [0.05, 0.1) is 26.2 Å². The maximum absolute atomic E-state index is 4.70. The van der Waals surface area contributed by atoms with Gasteiger partial charge in [-0.3, -0.25) is 0 Å². The fourth-order valence-electron chi connectivity index (χ4n) is 5.14. The van der Waals surface area contributed by atoms with Crippen LogP contribution in [0, 0.1) is 0 Å². The van der Waals surface area contributed by atoms with E-state index >= 15 is 0 Å². The molecule has 2 N–H and O–H groups in total. The highest BCUT2D eigenvalue weighted by Gasteiger charge is 2.31. The number of quaternary nitrogens is 1. The zero-order chi connectivity index (χ0) is 22.2. The first-order chi connectivity index (χ1) is 16.3. The number of benzene rings is 3. The number of nitrogens with zero attached hydrogens (tertiary/aromatic N) is 3. The van der Waals surface area contributed by atoms with E-state index in [1.807, 2.05) is 0 Å². The molecular formula is C27H25BrN5+. The minimum absolute atomic E-state index is 0.338. The Hall–Kier alpha value is -3.22. The van der Waals surface area contributed by atoms with Crippen LogP contribution in [0.1, 0.15) is 17.2 Å². The van der Waals surface area contributed by atoms with Crippen molar-refractivity contribution >= 4 is 43.7 Å². The standard InChI is InChI=1S/C27H24BrN5/c28-21-11-12-23-22(17-21)24-25(31-23)27(30-18-29-24)33-15-13-32(14-16-33)26(19-7-3-1-4-8-19)20-9-5-2-6-10-20/h1-12,17-18,26,31H,13-16H2/p+1. The quantitative estimate of drug-likeness (QED) is 0.386. The van der Waals surface area contributed by atoms with Crippen molar-refractivity contribution in [1.82, 2.24) is 15.0 Å². The van der Waals surface area contributed by atoms with E-state index in [0.29, 0.717) is 6.04 Å². The first-order valence-corrected chi connectivity index (χ1v) is 12.2. The molecule has 5 aromatic rings. The number of hydrogen-bond donors (Lipinski definition) is 2. The number of nitrogens with one attached hydrogen (secondary N) is 2. The molecule has 0 bridgehead atoms. The van der Waals surface area contributed by atoms with Gasteiger partial charge in [-0.05, 0) is 18.2 Å². The highest BCUT2D eigenvalue weighted by Crippen LogP contribution is 2.31. The topological polar surface area (TPSA) is 49.2 Å². The van der Waals surface area contributed by atoms with Crippen molar-refractivity contribution in [1.29, 1.82) is 0 Å². The molecule has 0 amide bonds. The van der Waals surface area contributed by atoms with Gasteiger partial charge in [0.1, 0.15) is 23.4 Å². The van der Waals surface area contributed by atoms with Gasteiger partial charge >= 0.3 is 0 Å². The Balaban J connectivity index is 1.30. The summed E-state index contributed by atoms with van der Waals surface area (Å²) in [6.07, 6.45) is 1.70. The van der Waals surface area contributed by atoms with Gasteiger partial charge in [-0.2, -0.15) is 0 Å². The van der Waals surface area contributed by atoms with Crippen molar-refractivity contribution < 1.29 is 4.90 Å². The monoisotopic (exact) mass is 498 g/mol. The lowest BCUT2D eigenvalue weighted by atomic mass is 9.96. The minimum atomic E-state index is 0.338. The molecule has 5 nitrogen and oxygen atoms in total. The Morgan fingerprint density at radius 3 is 2.18 bits per heavy atom. The number of H-pyrrole nitrogens is 1. The molecule has 1 aliphatic rings. The molecular weight excluding hydrogens is 474 g/mol. The first-order valence-electron chi connectivity index (χ1n) is 11.4. The summed E-state index contributed by atoms with van der Waals surface area (Å²) in [4.78, 5) is 16.9. The van der Waals surface area contributed by atoms with Crippen LogP contribution in [0.15, 0.2) is 89.7 Å². The number of aromatic nitrogens is 3. The normalized spacial score (nSPS) is 15.0. The highest BCUT2D eigenvalue weighted by atomic mass is 79.9. The number of anilines is 1. The molecule has 0 spiro atoms. The second-order valence-electron chi connectivity index (χ2n) is 8.64. The summed E-state index contributed by atoms with van der Waals surface area (Å²) >= 11 is 3.59. The van der Waals surface area contributed by atoms with Crippen molar-refractivity contribution in [3.63, 3.8) is 0 Å². The molecule has 0 radical (unpaired) electrons. The van der Waals surface area contributed by atoms with Gasteiger partial charge in [0.15, 0.2) is 5.82 Å². The average Bonchev–Trinajstić information content (AvgIpc) is 3.24. The predicted octanol–water partition coefficient (Wildman–Crippen LogP) is 4.37. The summed E-state index contributed by atoms with van der Waals surface area (Å²) in [5, 5.41) is 1.13. The van der Waals surface area contributed by atoms with Gasteiger partial charge in [0.2, 0.25) is 0 Å². The molecule has 6 rings (SSSR count). The van der Waals surface area contributed by atoms with Crippen LogP contribution in [0.5, 0.6) is 0 Å². The number of fused-ring (bicyclic) bond motifs is 3. The zero-order valence-corrected chi connectivity index (χ0v) is 19.8. The minimum Gasteiger partial charge on any atom is -0.350 e. The fourth-order valence-corrected chi connectivity index (χ4v) is 5.50. The number of piperazine rings is 1. The van der Waals surface area contributed by atoms with Gasteiger partial charge in [-0.1, -0.05) is 76.6 Å². The van der Waals surface area contributed by atoms with E-state index in [4.69, 9.17) is 4.98 Å². The van der Waals surface area contributed by atoms with Crippen LogP contribution in [0.4, 0.5) is 5.82 Å². The van der Waals surface area contributed by atoms with Crippen LogP contribution < -0.4 is 9.80 Å². The second-order valence-corrected chi connectivity index (χ2v) is 9.55. The molecule has 6 heteroatoms. The maximum Gasteiger partial charge on any atom is 0.156 e. The Bertz CT molecular complexity index is 1350. The molecule has 2 aromatic heterocycles. The summed E-state index contributed by atoms with van der Waals surface area (Å²) in [6.45, 7) is 4.00. The van der Waals surface area contributed by atoms with Gasteiger partial charge in [-0.15, -0.1) is 0 Å². The second kappa shape index (κ2) is 8.61. The Kier molecular flexibility index (Phi) is 5.32. The van der Waals surface area contributed by atoms with Crippen molar-refractivity contribution in [2.45, 2.75) is 6.04 Å². The van der Waals surface area contributed by atoms with Gasteiger partial charge < -0.3 is 14.8 Å². The van der Waals surface area contributed by atoms with Crippen molar-refractivity contribution in [3.05, 3.63) is 101 Å². The van der Waals surface area contributed by atoms with E-state index in [1.165, 1.54) is 11.1 Å². The van der Waals surface area contributed by atoms with Gasteiger partial charge in [0, 0.05) is 26.5 Å². The predicted molar refractivity (Wildman–Crippen MR) is 137 cm³/mol. The zero-order valence-electron chi connectivity index (χ0n) is 18.2. The number of aromatic amines is 1. The lowest BCUT2D eigenvalue weighted by Crippen LogP contribution is -3.15. The fraction of sp³-hybridized carbons (Fsp3) is 0.185.